The van der Waals surface area contributed by atoms with Crippen LogP contribution in [0.3, 0.4) is 0 Å². The fourth-order valence-electron chi connectivity index (χ4n) is 1.91. The van der Waals surface area contributed by atoms with E-state index in [-0.39, 0.29) is 0 Å². The summed E-state index contributed by atoms with van der Waals surface area (Å²) in [7, 11) is 0. The molecule has 0 aliphatic carbocycles. The first-order valence-electron chi connectivity index (χ1n) is 7.11. The molecule has 0 aliphatic rings. The van der Waals surface area contributed by atoms with Gasteiger partial charge in [-0.3, -0.25) is 4.99 Å². The van der Waals surface area contributed by atoms with E-state index in [2.05, 4.69) is 51.6 Å². The fraction of sp³-hybridized carbons (Fsp3) is 0.647. The van der Waals surface area contributed by atoms with Crippen molar-refractivity contribution >= 4 is 6.21 Å². The summed E-state index contributed by atoms with van der Waals surface area (Å²) in [6.45, 7) is 16.4. The van der Waals surface area contributed by atoms with E-state index < -0.39 is 0 Å². The molecule has 102 valence electrons. The zero-order valence-electron chi connectivity index (χ0n) is 12.6. The van der Waals surface area contributed by atoms with Gasteiger partial charge in [-0.15, -0.1) is 5.73 Å². The molecule has 0 bridgehead atoms. The SMILES string of the molecule is C=C=C(C)[C@@H](/C=N/C(=C)CCCCCC)C(C)C. The molecular weight excluding hydrogens is 218 g/mol. The molecule has 0 saturated carbocycles. The Bertz CT molecular complexity index is 317. The third-order valence-electron chi connectivity index (χ3n) is 3.23. The standard InChI is InChI=1S/C17H29N/c1-7-9-10-11-12-16(6)18-13-17(14(3)4)15(5)8-2/h13-14,17H,2,6-7,9-12H2,1,3-5H3/b18-13+/t17-/m0/s1. The van der Waals surface area contributed by atoms with Gasteiger partial charge in [0.25, 0.3) is 0 Å². The van der Waals surface area contributed by atoms with Crippen molar-refractivity contribution in [1.29, 1.82) is 0 Å². The lowest BCUT2D eigenvalue weighted by molar-refractivity contribution is 0.561. The Balaban J connectivity index is 4.24. The van der Waals surface area contributed by atoms with Crippen LogP contribution < -0.4 is 0 Å². The van der Waals surface area contributed by atoms with Crippen molar-refractivity contribution in [3.63, 3.8) is 0 Å². The van der Waals surface area contributed by atoms with E-state index >= 15 is 0 Å². The van der Waals surface area contributed by atoms with Crippen molar-refractivity contribution in [2.45, 2.75) is 59.8 Å². The lowest BCUT2D eigenvalue weighted by atomic mass is 9.90. The van der Waals surface area contributed by atoms with Gasteiger partial charge in [-0.05, 0) is 31.3 Å². The smallest absolute Gasteiger partial charge is 0.0328 e. The second kappa shape index (κ2) is 9.91. The molecule has 0 spiro atoms. The van der Waals surface area contributed by atoms with Gasteiger partial charge >= 0.3 is 0 Å². The highest BCUT2D eigenvalue weighted by Crippen LogP contribution is 2.18. The summed E-state index contributed by atoms with van der Waals surface area (Å²) in [6, 6.07) is 0. The largest absolute Gasteiger partial charge is 0.266 e. The van der Waals surface area contributed by atoms with Crippen LogP contribution in [-0.2, 0) is 0 Å². The van der Waals surface area contributed by atoms with Crippen molar-refractivity contribution in [2.75, 3.05) is 0 Å². The third kappa shape index (κ3) is 7.29. The first-order valence-corrected chi connectivity index (χ1v) is 7.11. The van der Waals surface area contributed by atoms with Gasteiger partial charge < -0.3 is 0 Å². The van der Waals surface area contributed by atoms with Crippen molar-refractivity contribution < 1.29 is 0 Å². The minimum Gasteiger partial charge on any atom is -0.266 e. The van der Waals surface area contributed by atoms with Crippen LogP contribution in [0.15, 0.2) is 35.2 Å². The molecular formula is C17H29N. The summed E-state index contributed by atoms with van der Waals surface area (Å²) < 4.78 is 0. The lowest BCUT2D eigenvalue weighted by Gasteiger charge is -2.15. The first kappa shape index (κ1) is 16.9. The van der Waals surface area contributed by atoms with Gasteiger partial charge in [0, 0.05) is 17.8 Å². The molecule has 0 aromatic rings. The molecule has 0 saturated heterocycles. The molecule has 0 aromatic heterocycles. The van der Waals surface area contributed by atoms with E-state index in [0.717, 1.165) is 17.7 Å². The van der Waals surface area contributed by atoms with Gasteiger partial charge in [0.2, 0.25) is 0 Å². The normalized spacial score (nSPS) is 12.7. The summed E-state index contributed by atoms with van der Waals surface area (Å²) in [5.41, 5.74) is 5.13. The number of unbranched alkanes of at least 4 members (excludes halogenated alkanes) is 3. The van der Waals surface area contributed by atoms with Crippen molar-refractivity contribution in [3.8, 4) is 0 Å². The molecule has 0 unspecified atom stereocenters. The molecule has 0 fully saturated rings. The van der Waals surface area contributed by atoms with E-state index in [1.165, 1.54) is 25.7 Å². The summed E-state index contributed by atoms with van der Waals surface area (Å²) in [6.07, 6.45) is 8.09. The molecule has 1 heteroatoms. The number of aliphatic imine (C=N–C) groups is 1. The Hall–Kier alpha value is -1.07. The highest BCUT2D eigenvalue weighted by atomic mass is 14.7. The second-order valence-electron chi connectivity index (χ2n) is 5.28. The number of nitrogens with zero attached hydrogens (tertiary/aromatic N) is 1. The average Bonchev–Trinajstić information content (AvgIpc) is 2.34. The van der Waals surface area contributed by atoms with Crippen molar-refractivity contribution in [2.24, 2.45) is 16.8 Å². The Labute approximate surface area is 113 Å². The topological polar surface area (TPSA) is 12.4 Å². The van der Waals surface area contributed by atoms with Crippen molar-refractivity contribution in [3.05, 3.63) is 30.2 Å². The highest BCUT2D eigenvalue weighted by Gasteiger charge is 2.12. The van der Waals surface area contributed by atoms with Crippen LogP contribution in [-0.4, -0.2) is 6.21 Å². The molecule has 0 heterocycles. The number of hydrogen-bond donors (Lipinski definition) is 0. The minimum absolute atomic E-state index is 0.329. The van der Waals surface area contributed by atoms with Gasteiger partial charge in [-0.2, -0.15) is 0 Å². The van der Waals surface area contributed by atoms with Gasteiger partial charge in [0.1, 0.15) is 0 Å². The third-order valence-corrected chi connectivity index (χ3v) is 3.23. The number of hydrogen-bond acceptors (Lipinski definition) is 1. The zero-order valence-corrected chi connectivity index (χ0v) is 12.6. The Morgan fingerprint density at radius 2 is 1.94 bits per heavy atom. The van der Waals surface area contributed by atoms with Gasteiger partial charge in [-0.1, -0.05) is 53.2 Å². The molecule has 1 nitrogen and oxygen atoms in total. The summed E-state index contributed by atoms with van der Waals surface area (Å²) in [5.74, 6) is 0.853. The molecule has 0 amide bonds. The van der Waals surface area contributed by atoms with E-state index in [9.17, 15) is 0 Å². The predicted octanol–water partition coefficient (Wildman–Crippen LogP) is 5.54. The summed E-state index contributed by atoms with van der Waals surface area (Å²) in [5, 5.41) is 0. The van der Waals surface area contributed by atoms with Gasteiger partial charge in [0.15, 0.2) is 0 Å². The average molecular weight is 247 g/mol. The van der Waals surface area contributed by atoms with Crippen LogP contribution in [0.2, 0.25) is 0 Å². The minimum atomic E-state index is 0.329. The number of rotatable bonds is 9. The van der Waals surface area contributed by atoms with Gasteiger partial charge in [0.05, 0.1) is 0 Å². The maximum absolute atomic E-state index is 4.50. The molecule has 0 rings (SSSR count). The maximum atomic E-state index is 4.50. The summed E-state index contributed by atoms with van der Waals surface area (Å²) in [4.78, 5) is 4.50. The predicted molar refractivity (Wildman–Crippen MR) is 83.0 cm³/mol. The Kier molecular flexibility index (Phi) is 9.32. The van der Waals surface area contributed by atoms with E-state index in [0.29, 0.717) is 11.8 Å². The van der Waals surface area contributed by atoms with Crippen molar-refractivity contribution in [1.82, 2.24) is 0 Å². The fourth-order valence-corrected chi connectivity index (χ4v) is 1.91. The molecule has 0 radical (unpaired) electrons. The van der Waals surface area contributed by atoms with Crippen LogP contribution in [0.25, 0.3) is 0 Å². The molecule has 1 atom stereocenters. The van der Waals surface area contributed by atoms with Crippen LogP contribution >= 0.6 is 0 Å². The summed E-state index contributed by atoms with van der Waals surface area (Å²) >= 11 is 0. The van der Waals surface area contributed by atoms with Crippen LogP contribution in [0.1, 0.15) is 59.8 Å². The van der Waals surface area contributed by atoms with E-state index in [4.69, 9.17) is 0 Å². The zero-order chi connectivity index (χ0) is 14.0. The Morgan fingerprint density at radius 3 is 2.44 bits per heavy atom. The van der Waals surface area contributed by atoms with E-state index in [1.807, 2.05) is 6.21 Å². The van der Waals surface area contributed by atoms with Gasteiger partial charge in [-0.25, -0.2) is 0 Å². The molecule has 0 aliphatic heterocycles. The maximum Gasteiger partial charge on any atom is 0.0328 e. The monoisotopic (exact) mass is 247 g/mol. The van der Waals surface area contributed by atoms with Crippen LogP contribution in [0.4, 0.5) is 0 Å². The second-order valence-corrected chi connectivity index (χ2v) is 5.28. The van der Waals surface area contributed by atoms with Crippen LogP contribution in [0.5, 0.6) is 0 Å². The Morgan fingerprint density at radius 1 is 1.28 bits per heavy atom. The highest BCUT2D eigenvalue weighted by molar-refractivity contribution is 5.66. The molecule has 18 heavy (non-hydrogen) atoms. The lowest BCUT2D eigenvalue weighted by Crippen LogP contribution is -2.11. The van der Waals surface area contributed by atoms with E-state index in [1.54, 1.807) is 0 Å². The quantitative estimate of drug-likeness (QED) is 0.288. The van der Waals surface area contributed by atoms with Crippen LogP contribution in [0, 0.1) is 11.8 Å². The molecule has 0 N–H and O–H groups in total. The number of allylic oxidation sites excluding steroid dienone is 2. The first-order chi connectivity index (χ1) is 8.52. The molecule has 0 aromatic carbocycles.